The Balaban J connectivity index is 2.73. The Morgan fingerprint density at radius 1 is 1.53 bits per heavy atom. The molecule has 0 unspecified atom stereocenters. The van der Waals surface area contributed by atoms with Gasteiger partial charge < -0.3 is 5.32 Å². The van der Waals surface area contributed by atoms with E-state index in [2.05, 4.69) is 15.1 Å². The van der Waals surface area contributed by atoms with Crippen LogP contribution in [0.4, 0.5) is 5.69 Å². The van der Waals surface area contributed by atoms with Crippen molar-refractivity contribution in [3.8, 4) is 0 Å². The predicted molar refractivity (Wildman–Crippen MR) is 64.0 cm³/mol. The number of anilines is 1. The van der Waals surface area contributed by atoms with Crippen molar-refractivity contribution < 1.29 is 13.2 Å². The van der Waals surface area contributed by atoms with E-state index in [1.807, 2.05) is 0 Å². The summed E-state index contributed by atoms with van der Waals surface area (Å²) in [6, 6.07) is 0. The van der Waals surface area contributed by atoms with Gasteiger partial charge in [0.15, 0.2) is 0 Å². The number of aromatic nitrogens is 2. The SMILES string of the molecule is CNC(=O)Cn1cc(NS(=O)(=O)C(C)C)cn1. The molecule has 1 rings (SSSR count). The highest BCUT2D eigenvalue weighted by Gasteiger charge is 2.16. The summed E-state index contributed by atoms with van der Waals surface area (Å²) in [5, 5.41) is 5.80. The number of hydrogen-bond acceptors (Lipinski definition) is 4. The second-order valence-electron chi connectivity index (χ2n) is 3.80. The highest BCUT2D eigenvalue weighted by Crippen LogP contribution is 2.10. The molecule has 0 saturated carbocycles. The number of carbonyl (C=O) groups is 1. The van der Waals surface area contributed by atoms with E-state index in [1.54, 1.807) is 13.8 Å². The molecule has 1 amide bonds. The van der Waals surface area contributed by atoms with Gasteiger partial charge in [0.1, 0.15) is 6.54 Å². The predicted octanol–water partition coefficient (Wildman–Crippen LogP) is -0.221. The molecule has 2 N–H and O–H groups in total. The molecule has 1 aromatic rings. The molecular weight excluding hydrogens is 244 g/mol. The molecule has 1 aromatic heterocycles. The Labute approximate surface area is 100 Å². The van der Waals surface area contributed by atoms with Crippen molar-refractivity contribution in [3.63, 3.8) is 0 Å². The topological polar surface area (TPSA) is 93.1 Å². The molecule has 0 fully saturated rings. The fourth-order valence-corrected chi connectivity index (χ4v) is 1.68. The number of likely N-dealkylation sites (N-methyl/N-ethyl adjacent to an activating group) is 1. The van der Waals surface area contributed by atoms with Gasteiger partial charge in [0, 0.05) is 13.2 Å². The number of amides is 1. The van der Waals surface area contributed by atoms with Gasteiger partial charge in [-0.15, -0.1) is 0 Å². The van der Waals surface area contributed by atoms with Crippen molar-refractivity contribution in [1.29, 1.82) is 0 Å². The average molecular weight is 260 g/mol. The van der Waals surface area contributed by atoms with Crippen LogP contribution in [0.15, 0.2) is 12.4 Å². The van der Waals surface area contributed by atoms with Crippen LogP contribution in [0, 0.1) is 0 Å². The first-order valence-corrected chi connectivity index (χ1v) is 6.64. The Hall–Kier alpha value is -1.57. The number of hydrogen-bond donors (Lipinski definition) is 2. The zero-order chi connectivity index (χ0) is 13.1. The molecule has 0 saturated heterocycles. The summed E-state index contributed by atoms with van der Waals surface area (Å²) >= 11 is 0. The summed E-state index contributed by atoms with van der Waals surface area (Å²) in [6.45, 7) is 3.22. The van der Waals surface area contributed by atoms with E-state index in [-0.39, 0.29) is 12.5 Å². The third kappa shape index (κ3) is 3.74. The number of nitrogens with one attached hydrogen (secondary N) is 2. The van der Waals surface area contributed by atoms with Crippen molar-refractivity contribution in [1.82, 2.24) is 15.1 Å². The zero-order valence-electron chi connectivity index (χ0n) is 9.97. The van der Waals surface area contributed by atoms with Crippen LogP contribution in [0.5, 0.6) is 0 Å². The first-order chi connectivity index (χ1) is 7.85. The summed E-state index contributed by atoms with van der Waals surface area (Å²) in [5.41, 5.74) is 0.350. The maximum atomic E-state index is 11.6. The Kier molecular flexibility index (Phi) is 4.11. The van der Waals surface area contributed by atoms with E-state index in [9.17, 15) is 13.2 Å². The van der Waals surface area contributed by atoms with Gasteiger partial charge in [0.25, 0.3) is 0 Å². The molecular formula is C9H16N4O3S. The molecule has 8 heteroatoms. The van der Waals surface area contributed by atoms with Crippen LogP contribution in [0.3, 0.4) is 0 Å². The minimum Gasteiger partial charge on any atom is -0.358 e. The lowest BCUT2D eigenvalue weighted by Gasteiger charge is -2.08. The van der Waals surface area contributed by atoms with Crippen LogP contribution in [0.25, 0.3) is 0 Å². The second-order valence-corrected chi connectivity index (χ2v) is 6.03. The highest BCUT2D eigenvalue weighted by atomic mass is 32.2. The Morgan fingerprint density at radius 2 is 2.18 bits per heavy atom. The first-order valence-electron chi connectivity index (χ1n) is 5.10. The fraction of sp³-hybridized carbons (Fsp3) is 0.556. The van der Waals surface area contributed by atoms with Crippen molar-refractivity contribution in [2.45, 2.75) is 25.6 Å². The van der Waals surface area contributed by atoms with E-state index < -0.39 is 15.3 Å². The maximum absolute atomic E-state index is 11.6. The quantitative estimate of drug-likeness (QED) is 0.765. The Bertz CT molecular complexity index is 492. The van der Waals surface area contributed by atoms with Crippen LogP contribution in [0.1, 0.15) is 13.8 Å². The largest absolute Gasteiger partial charge is 0.358 e. The number of carbonyl (C=O) groups excluding carboxylic acids is 1. The lowest BCUT2D eigenvalue weighted by atomic mass is 10.6. The van der Waals surface area contributed by atoms with Gasteiger partial charge in [0.05, 0.1) is 17.1 Å². The fourth-order valence-electron chi connectivity index (χ4n) is 1.01. The summed E-state index contributed by atoms with van der Waals surface area (Å²) in [6.07, 6.45) is 2.83. The molecule has 0 atom stereocenters. The Morgan fingerprint density at radius 3 is 2.71 bits per heavy atom. The maximum Gasteiger partial charge on any atom is 0.241 e. The normalized spacial score (nSPS) is 11.5. The molecule has 1 heterocycles. The summed E-state index contributed by atoms with van der Waals surface area (Å²) in [4.78, 5) is 11.1. The summed E-state index contributed by atoms with van der Waals surface area (Å²) in [5.74, 6) is -0.202. The van der Waals surface area contributed by atoms with E-state index in [0.29, 0.717) is 5.69 Å². The molecule has 0 bridgehead atoms. The van der Waals surface area contributed by atoms with Crippen LogP contribution in [0.2, 0.25) is 0 Å². The molecule has 7 nitrogen and oxygen atoms in total. The first kappa shape index (κ1) is 13.5. The monoisotopic (exact) mass is 260 g/mol. The molecule has 0 aromatic carbocycles. The van der Waals surface area contributed by atoms with Crippen LogP contribution in [-0.2, 0) is 21.4 Å². The molecule has 0 spiro atoms. The molecule has 0 aliphatic rings. The van der Waals surface area contributed by atoms with Crippen molar-refractivity contribution in [3.05, 3.63) is 12.4 Å². The van der Waals surface area contributed by atoms with Gasteiger partial charge >= 0.3 is 0 Å². The van der Waals surface area contributed by atoms with Gasteiger partial charge in [0.2, 0.25) is 15.9 Å². The number of nitrogens with zero attached hydrogens (tertiary/aromatic N) is 2. The molecule has 96 valence electrons. The zero-order valence-corrected chi connectivity index (χ0v) is 10.8. The minimum atomic E-state index is -3.38. The lowest BCUT2D eigenvalue weighted by molar-refractivity contribution is -0.121. The van der Waals surface area contributed by atoms with Gasteiger partial charge in [-0.1, -0.05) is 0 Å². The average Bonchev–Trinajstić information content (AvgIpc) is 2.64. The smallest absolute Gasteiger partial charge is 0.241 e. The summed E-state index contributed by atoms with van der Waals surface area (Å²) in [7, 11) is -1.85. The summed E-state index contributed by atoms with van der Waals surface area (Å²) < 4.78 is 26.9. The highest BCUT2D eigenvalue weighted by molar-refractivity contribution is 7.93. The second kappa shape index (κ2) is 5.17. The standard InChI is InChI=1S/C9H16N4O3S/c1-7(2)17(15,16)12-8-4-11-13(5-8)6-9(14)10-3/h4-5,7,12H,6H2,1-3H3,(H,10,14). The van der Waals surface area contributed by atoms with Crippen molar-refractivity contribution >= 4 is 21.6 Å². The number of sulfonamides is 1. The molecule has 17 heavy (non-hydrogen) atoms. The third-order valence-electron chi connectivity index (χ3n) is 2.10. The third-order valence-corrected chi connectivity index (χ3v) is 3.86. The van der Waals surface area contributed by atoms with E-state index in [0.717, 1.165) is 0 Å². The molecule has 0 radical (unpaired) electrons. The van der Waals surface area contributed by atoms with Gasteiger partial charge in [-0.3, -0.25) is 14.2 Å². The van der Waals surface area contributed by atoms with E-state index in [1.165, 1.54) is 24.1 Å². The lowest BCUT2D eigenvalue weighted by Crippen LogP contribution is -2.24. The molecule has 0 aliphatic heterocycles. The minimum absolute atomic E-state index is 0.0555. The van der Waals surface area contributed by atoms with Crippen LogP contribution < -0.4 is 10.0 Å². The number of rotatable bonds is 5. The van der Waals surface area contributed by atoms with E-state index >= 15 is 0 Å². The molecule has 0 aliphatic carbocycles. The van der Waals surface area contributed by atoms with Gasteiger partial charge in [-0.05, 0) is 13.8 Å². The van der Waals surface area contributed by atoms with Gasteiger partial charge in [-0.2, -0.15) is 5.10 Å². The van der Waals surface area contributed by atoms with Crippen molar-refractivity contribution in [2.24, 2.45) is 0 Å². The van der Waals surface area contributed by atoms with E-state index in [4.69, 9.17) is 0 Å². The van der Waals surface area contributed by atoms with Crippen LogP contribution in [-0.4, -0.2) is 36.4 Å². The van der Waals surface area contributed by atoms with Gasteiger partial charge in [-0.25, -0.2) is 8.42 Å². The van der Waals surface area contributed by atoms with Crippen LogP contribution >= 0.6 is 0 Å². The van der Waals surface area contributed by atoms with Crippen molar-refractivity contribution in [2.75, 3.05) is 11.8 Å².